The molecule has 6 heteroatoms. The molecule has 0 spiro atoms. The molecule has 0 saturated carbocycles. The van der Waals surface area contributed by atoms with Crippen LogP contribution in [-0.2, 0) is 0 Å². The minimum atomic E-state index is -2.50. The van der Waals surface area contributed by atoms with Gasteiger partial charge in [-0.05, 0) is 44.8 Å². The summed E-state index contributed by atoms with van der Waals surface area (Å²) in [5.74, 6) is 0.232. The van der Waals surface area contributed by atoms with Crippen molar-refractivity contribution in [3.8, 4) is 5.75 Å². The predicted octanol–water partition coefficient (Wildman–Crippen LogP) is 3.59. The largest absolute Gasteiger partial charge is 0.494 e. The van der Waals surface area contributed by atoms with Gasteiger partial charge in [-0.1, -0.05) is 6.07 Å². The van der Waals surface area contributed by atoms with Crippen molar-refractivity contribution < 1.29 is 8.85 Å². The number of nitrogens with zero attached hydrogens (tertiary/aromatic N) is 1. The highest BCUT2D eigenvalue weighted by atomic mass is 79.9. The quantitative estimate of drug-likeness (QED) is 0.645. The molecule has 0 radical (unpaired) electrons. The number of hydrogen-bond donors (Lipinski definition) is 1. The molecule has 1 aromatic rings. The van der Waals surface area contributed by atoms with Crippen LogP contribution in [-0.4, -0.2) is 19.8 Å². The lowest BCUT2D eigenvalue weighted by Crippen LogP contribution is -2.03. The smallest absolute Gasteiger partial charge is 0.147 e. The summed E-state index contributed by atoms with van der Waals surface area (Å²) in [4.78, 5) is 0. The van der Waals surface area contributed by atoms with Crippen LogP contribution in [0.5, 0.6) is 5.75 Å². The second-order valence-electron chi connectivity index (χ2n) is 2.65. The summed E-state index contributed by atoms with van der Waals surface area (Å²) in [6.07, 6.45) is 1.59. The third kappa shape index (κ3) is 3.96. The third-order valence-corrected chi connectivity index (χ3v) is 3.08. The highest BCUT2D eigenvalue weighted by Gasteiger charge is 2.08. The fourth-order valence-electron chi connectivity index (χ4n) is 0.947. The molecular weight excluding hydrogens is 359 g/mol. The molecule has 0 atom stereocenters. The lowest BCUT2D eigenvalue weighted by molar-refractivity contribution is 0.409. The van der Waals surface area contributed by atoms with Crippen LogP contribution in [0, 0.1) is 0 Å². The van der Waals surface area contributed by atoms with E-state index < -0.39 is 7.04 Å². The van der Waals surface area contributed by atoms with E-state index in [1.165, 1.54) is 0 Å². The molecule has 0 heterocycles. The lowest BCUT2D eigenvalue weighted by Gasteiger charge is -2.07. The maximum atomic E-state index is 7.12. The highest BCUT2D eigenvalue weighted by molar-refractivity contribution is 9.11. The van der Waals surface area contributed by atoms with E-state index in [0.717, 1.165) is 5.56 Å². The topological polar surface area (TPSA) is 33.6 Å². The number of hydrogen-bond acceptors (Lipinski definition) is 3. The summed E-state index contributed by atoms with van der Waals surface area (Å²) < 4.78 is 27.4. The van der Waals surface area contributed by atoms with Crippen molar-refractivity contribution in [2.75, 3.05) is 13.6 Å². The molecule has 16 heavy (non-hydrogen) atoms. The molecule has 0 bridgehead atoms. The predicted molar refractivity (Wildman–Crippen MR) is 76.9 cm³/mol. The first kappa shape index (κ1) is 10.9. The summed E-state index contributed by atoms with van der Waals surface area (Å²) in [5.41, 5.74) is 3.51. The van der Waals surface area contributed by atoms with Gasteiger partial charge in [0.2, 0.25) is 0 Å². The van der Waals surface area contributed by atoms with E-state index in [9.17, 15) is 0 Å². The van der Waals surface area contributed by atoms with Crippen molar-refractivity contribution in [1.29, 1.82) is 0 Å². The van der Waals surface area contributed by atoms with Crippen molar-refractivity contribution in [3.05, 3.63) is 26.6 Å². The Hall–Kier alpha value is -0.260. The van der Waals surface area contributed by atoms with Crippen LogP contribution in [0.3, 0.4) is 0 Å². The van der Waals surface area contributed by atoms with Crippen LogP contribution < -0.4 is 10.2 Å². The normalized spacial score (nSPS) is 13.6. The van der Waals surface area contributed by atoms with E-state index in [0.29, 0.717) is 15.5 Å². The summed E-state index contributed by atoms with van der Waals surface area (Å²) in [6.45, 7) is 2.64. The van der Waals surface area contributed by atoms with Gasteiger partial charge >= 0.3 is 0 Å². The van der Waals surface area contributed by atoms with Crippen LogP contribution in [0.1, 0.15) is 16.6 Å². The van der Waals surface area contributed by atoms with E-state index in [1.54, 1.807) is 18.3 Å². The Bertz CT molecular complexity index is 455. The Kier molecular flexibility index (Phi) is 5.38. The summed E-state index contributed by atoms with van der Waals surface area (Å²) >= 11 is 6.56. The number of nitrogens with one attached hydrogen (secondary N) is 1. The van der Waals surface area contributed by atoms with E-state index >= 15 is 0 Å². The molecular formula is C10H13Br2ClN2O. The Morgan fingerprint density at radius 1 is 1.56 bits per heavy atom. The summed E-state index contributed by atoms with van der Waals surface area (Å²) in [7, 11) is -2.50. The number of ether oxygens (including phenoxy) is 1. The molecule has 0 saturated heterocycles. The molecule has 1 rings (SSSR count). The van der Waals surface area contributed by atoms with Gasteiger partial charge in [-0.3, -0.25) is 0 Å². The van der Waals surface area contributed by atoms with Crippen molar-refractivity contribution in [2.24, 2.45) is 5.10 Å². The average Bonchev–Trinajstić information content (AvgIpc) is 2.26. The minimum absolute atomic E-state index is 0. The molecule has 0 unspecified atom stereocenters. The molecule has 0 fully saturated rings. The van der Waals surface area contributed by atoms with Gasteiger partial charge in [-0.15, -0.1) is 12.4 Å². The Labute approximate surface area is 123 Å². The highest BCUT2D eigenvalue weighted by Crippen LogP contribution is 2.34. The van der Waals surface area contributed by atoms with Crippen LogP contribution in [0.25, 0.3) is 0 Å². The van der Waals surface area contributed by atoms with E-state index in [1.807, 2.05) is 6.92 Å². The van der Waals surface area contributed by atoms with Gasteiger partial charge in [0.15, 0.2) is 0 Å². The zero-order chi connectivity index (χ0) is 13.8. The number of hydrazone groups is 1. The van der Waals surface area contributed by atoms with Gasteiger partial charge in [-0.25, -0.2) is 0 Å². The van der Waals surface area contributed by atoms with Gasteiger partial charge in [0.25, 0.3) is 0 Å². The third-order valence-electron chi connectivity index (χ3n) is 1.63. The van der Waals surface area contributed by atoms with Crippen molar-refractivity contribution in [1.82, 2.24) is 5.43 Å². The minimum Gasteiger partial charge on any atom is -0.494 e. The van der Waals surface area contributed by atoms with E-state index in [-0.39, 0.29) is 18.2 Å². The monoisotopic (exact) mass is 373 g/mol. The molecule has 90 valence electrons. The van der Waals surface area contributed by atoms with E-state index in [2.05, 4.69) is 42.4 Å². The Morgan fingerprint density at radius 3 is 2.94 bits per heavy atom. The van der Waals surface area contributed by atoms with Crippen LogP contribution in [0.2, 0.25) is 0 Å². The molecule has 1 N–H and O–H groups in total. The lowest BCUT2D eigenvalue weighted by atomic mass is 10.2. The van der Waals surface area contributed by atoms with Gasteiger partial charge in [0.1, 0.15) is 5.75 Å². The van der Waals surface area contributed by atoms with Gasteiger partial charge in [-0.2, -0.15) is 5.10 Å². The van der Waals surface area contributed by atoms with Crippen molar-refractivity contribution >= 4 is 50.5 Å². The SMILES string of the molecule is Cl.[2H]C([2H])([2H])Oc1c(Br)ccc(/C=N/NCC)c1Br. The average molecular weight is 376 g/mol. The van der Waals surface area contributed by atoms with Crippen molar-refractivity contribution in [2.45, 2.75) is 6.92 Å². The van der Waals surface area contributed by atoms with Gasteiger partial charge in [0, 0.05) is 12.1 Å². The van der Waals surface area contributed by atoms with Crippen LogP contribution in [0.4, 0.5) is 0 Å². The summed E-state index contributed by atoms with van der Waals surface area (Å²) in [5, 5.41) is 3.97. The Balaban J connectivity index is 0.00000324. The maximum Gasteiger partial charge on any atom is 0.147 e. The maximum absolute atomic E-state index is 7.12. The number of methoxy groups -OCH3 is 1. The number of rotatable bonds is 4. The first-order chi connectivity index (χ1) is 8.35. The fourth-order valence-corrected chi connectivity index (χ4v) is 2.15. The second kappa shape index (κ2) is 7.92. The molecule has 0 aliphatic heterocycles. The standard InChI is InChI=1S/C10H12Br2N2O.ClH/c1-3-13-14-6-7-4-5-8(11)10(15-2)9(7)12;/h4-6,13H,3H2,1-2H3;1H/b14-6+;/i2D3;. The zero-order valence-electron chi connectivity index (χ0n) is 11.5. The molecule has 3 nitrogen and oxygen atoms in total. The van der Waals surface area contributed by atoms with Gasteiger partial charge in [0.05, 0.1) is 26.3 Å². The second-order valence-corrected chi connectivity index (χ2v) is 4.30. The van der Waals surface area contributed by atoms with Crippen LogP contribution >= 0.6 is 44.3 Å². The number of halogens is 3. The molecule has 0 aliphatic carbocycles. The van der Waals surface area contributed by atoms with Crippen molar-refractivity contribution in [3.63, 3.8) is 0 Å². The first-order valence-electron chi connectivity index (χ1n) is 5.78. The molecule has 1 aromatic carbocycles. The Morgan fingerprint density at radius 2 is 2.31 bits per heavy atom. The number of benzene rings is 1. The molecule has 0 amide bonds. The molecule has 0 aliphatic rings. The zero-order valence-corrected chi connectivity index (χ0v) is 12.4. The van der Waals surface area contributed by atoms with Crippen LogP contribution in [0.15, 0.2) is 26.2 Å². The molecule has 0 aromatic heterocycles. The van der Waals surface area contributed by atoms with E-state index in [4.69, 9.17) is 8.85 Å². The summed E-state index contributed by atoms with van der Waals surface area (Å²) in [6, 6.07) is 3.50. The first-order valence-corrected chi connectivity index (χ1v) is 5.86. The van der Waals surface area contributed by atoms with Gasteiger partial charge < -0.3 is 10.2 Å². The fraction of sp³-hybridized carbons (Fsp3) is 0.300.